The van der Waals surface area contributed by atoms with Crippen LogP contribution in [0.4, 0.5) is 0 Å². The molecule has 1 saturated carbocycles. The third-order valence-electron chi connectivity index (χ3n) is 5.68. The number of hydrogen-bond acceptors (Lipinski definition) is 3. The maximum absolute atomic E-state index is 12.4. The van der Waals surface area contributed by atoms with Gasteiger partial charge in [-0.15, -0.1) is 0 Å². The third-order valence-corrected chi connectivity index (χ3v) is 5.68. The number of nitrogens with one attached hydrogen (secondary N) is 1. The number of rotatable bonds is 8. The highest BCUT2D eigenvalue weighted by molar-refractivity contribution is 5.79. The molecule has 5 heteroatoms. The van der Waals surface area contributed by atoms with Crippen molar-refractivity contribution in [1.29, 1.82) is 0 Å². The number of allylic oxidation sites excluding steroid dienone is 1. The Morgan fingerprint density at radius 2 is 1.93 bits per heavy atom. The van der Waals surface area contributed by atoms with Crippen molar-refractivity contribution in [2.45, 2.75) is 57.5 Å². The molecule has 2 amide bonds. The van der Waals surface area contributed by atoms with Gasteiger partial charge in [-0.25, -0.2) is 0 Å². The highest BCUT2D eigenvalue weighted by Crippen LogP contribution is 2.41. The van der Waals surface area contributed by atoms with Gasteiger partial charge in [-0.3, -0.25) is 9.59 Å². The van der Waals surface area contributed by atoms with Crippen LogP contribution in [0.1, 0.15) is 56.6 Å². The van der Waals surface area contributed by atoms with Crippen molar-refractivity contribution in [3.8, 4) is 0 Å². The molecule has 3 atom stereocenters. The number of carbonyl (C=O) groups is 2. The zero-order chi connectivity index (χ0) is 19.4. The van der Waals surface area contributed by atoms with Gasteiger partial charge in [0, 0.05) is 25.3 Å². The van der Waals surface area contributed by atoms with Gasteiger partial charge in [0.25, 0.3) is 0 Å². The average molecular weight is 370 g/mol. The predicted molar refractivity (Wildman–Crippen MR) is 106 cm³/mol. The SMILES string of the molecule is C/C=C/c1ccc([C@H]2[C@@H](CO)N(C(=O)CC)[C@@H]2CNC(=O)CC2CC2)cc1. The molecular formula is C22H30N2O3. The summed E-state index contributed by atoms with van der Waals surface area (Å²) in [6.45, 7) is 4.18. The minimum Gasteiger partial charge on any atom is -0.394 e. The number of aliphatic hydroxyl groups is 1. The molecule has 1 aliphatic heterocycles. The highest BCUT2D eigenvalue weighted by atomic mass is 16.3. The summed E-state index contributed by atoms with van der Waals surface area (Å²) in [4.78, 5) is 26.3. The highest BCUT2D eigenvalue weighted by Gasteiger charge is 2.50. The molecule has 1 aromatic rings. The minimum absolute atomic E-state index is 0.0253. The maximum Gasteiger partial charge on any atom is 0.222 e. The van der Waals surface area contributed by atoms with Gasteiger partial charge in [-0.05, 0) is 36.8 Å². The van der Waals surface area contributed by atoms with Crippen LogP contribution in [-0.4, -0.2) is 47.1 Å². The van der Waals surface area contributed by atoms with Gasteiger partial charge >= 0.3 is 0 Å². The number of amides is 2. The molecule has 3 rings (SSSR count). The van der Waals surface area contributed by atoms with Crippen molar-refractivity contribution in [3.63, 3.8) is 0 Å². The zero-order valence-corrected chi connectivity index (χ0v) is 16.2. The van der Waals surface area contributed by atoms with Crippen LogP contribution in [0.5, 0.6) is 0 Å². The molecule has 1 saturated heterocycles. The summed E-state index contributed by atoms with van der Waals surface area (Å²) in [5.41, 5.74) is 2.22. The van der Waals surface area contributed by atoms with Crippen molar-refractivity contribution >= 4 is 17.9 Å². The summed E-state index contributed by atoms with van der Waals surface area (Å²) in [7, 11) is 0. The first-order chi connectivity index (χ1) is 13.1. The molecule has 0 aromatic heterocycles. The van der Waals surface area contributed by atoms with E-state index >= 15 is 0 Å². The normalized spacial score (nSPS) is 24.7. The second kappa shape index (κ2) is 8.70. The molecule has 2 aliphatic rings. The smallest absolute Gasteiger partial charge is 0.222 e. The van der Waals surface area contributed by atoms with Crippen molar-refractivity contribution < 1.29 is 14.7 Å². The van der Waals surface area contributed by atoms with Gasteiger partial charge in [-0.1, -0.05) is 43.3 Å². The van der Waals surface area contributed by atoms with Gasteiger partial charge in [0.05, 0.1) is 18.7 Å². The fourth-order valence-corrected chi connectivity index (χ4v) is 4.07. The summed E-state index contributed by atoms with van der Waals surface area (Å²) < 4.78 is 0. The van der Waals surface area contributed by atoms with Crippen molar-refractivity contribution in [1.82, 2.24) is 10.2 Å². The van der Waals surface area contributed by atoms with E-state index in [1.165, 1.54) is 0 Å². The van der Waals surface area contributed by atoms with Crippen LogP contribution < -0.4 is 5.32 Å². The van der Waals surface area contributed by atoms with E-state index in [4.69, 9.17) is 0 Å². The zero-order valence-electron chi connectivity index (χ0n) is 16.2. The fourth-order valence-electron chi connectivity index (χ4n) is 4.07. The topological polar surface area (TPSA) is 69.6 Å². The lowest BCUT2D eigenvalue weighted by molar-refractivity contribution is -0.150. The van der Waals surface area contributed by atoms with Crippen LogP contribution in [0.15, 0.2) is 30.3 Å². The van der Waals surface area contributed by atoms with E-state index in [0.29, 0.717) is 25.3 Å². The Morgan fingerprint density at radius 1 is 1.22 bits per heavy atom. The molecule has 2 fully saturated rings. The number of nitrogens with zero attached hydrogens (tertiary/aromatic N) is 1. The number of aliphatic hydroxyl groups excluding tert-OH is 1. The number of benzene rings is 1. The molecule has 0 unspecified atom stereocenters. The molecule has 5 nitrogen and oxygen atoms in total. The van der Waals surface area contributed by atoms with Gasteiger partial charge in [0.15, 0.2) is 0 Å². The van der Waals surface area contributed by atoms with Crippen LogP contribution in [0.3, 0.4) is 0 Å². The Balaban J connectivity index is 1.74. The lowest BCUT2D eigenvalue weighted by Gasteiger charge is -2.55. The number of hydrogen-bond donors (Lipinski definition) is 2. The molecular weight excluding hydrogens is 340 g/mol. The largest absolute Gasteiger partial charge is 0.394 e. The van der Waals surface area contributed by atoms with Crippen molar-refractivity contribution in [2.24, 2.45) is 5.92 Å². The molecule has 0 spiro atoms. The first-order valence-corrected chi connectivity index (χ1v) is 10.00. The summed E-state index contributed by atoms with van der Waals surface area (Å²) in [6.07, 6.45) is 7.30. The van der Waals surface area contributed by atoms with Crippen molar-refractivity contribution in [3.05, 3.63) is 41.5 Å². The van der Waals surface area contributed by atoms with Gasteiger partial charge in [-0.2, -0.15) is 0 Å². The number of likely N-dealkylation sites (tertiary alicyclic amines) is 1. The Morgan fingerprint density at radius 3 is 2.48 bits per heavy atom. The van der Waals surface area contributed by atoms with E-state index in [-0.39, 0.29) is 36.4 Å². The monoisotopic (exact) mass is 370 g/mol. The lowest BCUT2D eigenvalue weighted by Crippen LogP contribution is -2.68. The molecule has 1 aliphatic carbocycles. The number of carbonyl (C=O) groups excluding carboxylic acids is 2. The minimum atomic E-state index is -0.227. The second-order valence-electron chi connectivity index (χ2n) is 7.62. The van der Waals surface area contributed by atoms with Gasteiger partial charge in [0.1, 0.15) is 0 Å². The molecule has 27 heavy (non-hydrogen) atoms. The Kier molecular flexibility index (Phi) is 6.32. The van der Waals surface area contributed by atoms with Crippen molar-refractivity contribution in [2.75, 3.05) is 13.2 Å². The first kappa shape index (κ1) is 19.6. The van der Waals surface area contributed by atoms with E-state index in [9.17, 15) is 14.7 Å². The molecule has 1 aromatic carbocycles. The van der Waals surface area contributed by atoms with E-state index < -0.39 is 0 Å². The van der Waals surface area contributed by atoms with Gasteiger partial charge < -0.3 is 15.3 Å². The second-order valence-corrected chi connectivity index (χ2v) is 7.62. The summed E-state index contributed by atoms with van der Waals surface area (Å²) >= 11 is 0. The van der Waals surface area contributed by atoms with E-state index in [1.54, 1.807) is 4.90 Å². The van der Waals surface area contributed by atoms with E-state index in [0.717, 1.165) is 24.0 Å². The molecule has 146 valence electrons. The quantitative estimate of drug-likeness (QED) is 0.739. The van der Waals surface area contributed by atoms with Crippen LogP contribution in [-0.2, 0) is 9.59 Å². The van der Waals surface area contributed by atoms with Crippen LogP contribution in [0, 0.1) is 5.92 Å². The lowest BCUT2D eigenvalue weighted by atomic mass is 9.74. The average Bonchev–Trinajstić information content (AvgIpc) is 3.46. The molecule has 0 bridgehead atoms. The molecule has 2 N–H and O–H groups in total. The van der Waals surface area contributed by atoms with Gasteiger partial charge in [0.2, 0.25) is 11.8 Å². The molecule has 0 radical (unpaired) electrons. The Bertz CT molecular complexity index is 694. The maximum atomic E-state index is 12.4. The summed E-state index contributed by atoms with van der Waals surface area (Å²) in [5.74, 6) is 0.666. The van der Waals surface area contributed by atoms with Crippen LogP contribution in [0.2, 0.25) is 0 Å². The summed E-state index contributed by atoms with van der Waals surface area (Å²) in [5, 5.41) is 12.9. The van der Waals surface area contributed by atoms with E-state index in [1.807, 2.05) is 26.0 Å². The van der Waals surface area contributed by atoms with Crippen LogP contribution in [0.25, 0.3) is 6.08 Å². The first-order valence-electron chi connectivity index (χ1n) is 10.00. The third kappa shape index (κ3) is 4.41. The standard InChI is InChI=1S/C22H30N2O3/c1-3-5-15-8-10-17(11-9-15)22-18(13-23-20(26)12-16-6-7-16)24(19(22)14-25)21(27)4-2/h3,5,8-11,16,18-19,22,25H,4,6-7,12-14H2,1-2H3,(H,23,26)/b5-3+/t18-,19-,22-/m1/s1. The van der Waals surface area contributed by atoms with E-state index in [2.05, 4.69) is 29.6 Å². The van der Waals surface area contributed by atoms with Crippen LogP contribution >= 0.6 is 0 Å². The Labute approximate surface area is 161 Å². The predicted octanol–water partition coefficient (Wildman–Crippen LogP) is 2.70. The fraction of sp³-hybridized carbons (Fsp3) is 0.545. The molecule has 1 heterocycles. The summed E-state index contributed by atoms with van der Waals surface area (Å²) in [6, 6.07) is 7.90. The Hall–Kier alpha value is -2.14.